The molecule has 4 rings (SSSR count). The summed E-state index contributed by atoms with van der Waals surface area (Å²) in [6.45, 7) is 12.9. The number of carboxylic acid groups (broad SMARTS) is 1. The molecule has 2 aliphatic heterocycles. The second kappa shape index (κ2) is 14.5. The first-order valence-corrected chi connectivity index (χ1v) is 15.7. The van der Waals surface area contributed by atoms with Gasteiger partial charge in [-0.1, -0.05) is 47.6 Å². The summed E-state index contributed by atoms with van der Waals surface area (Å²) in [6, 6.07) is 15.7. The van der Waals surface area contributed by atoms with Gasteiger partial charge in [-0.3, -0.25) is 19.3 Å². The lowest BCUT2D eigenvalue weighted by molar-refractivity contribution is -0.169. The molecule has 0 saturated carbocycles. The Morgan fingerprint density at radius 1 is 0.935 bits per heavy atom. The maximum absolute atomic E-state index is 13.1. The SMILES string of the molecule is CC(C)(C)OC(=O)CC1(CC(=O)OC(C)(C)C)CC(c2cc(OCc3ccccc3)ccc2C2=CCN(CCC(=O)O)CC2)=NO1. The van der Waals surface area contributed by atoms with Crippen LogP contribution in [0.4, 0.5) is 0 Å². The Morgan fingerprint density at radius 3 is 2.15 bits per heavy atom. The summed E-state index contributed by atoms with van der Waals surface area (Å²) in [7, 11) is 0. The van der Waals surface area contributed by atoms with Crippen molar-refractivity contribution in [3.63, 3.8) is 0 Å². The van der Waals surface area contributed by atoms with Gasteiger partial charge in [-0.2, -0.15) is 0 Å². The predicted molar refractivity (Wildman–Crippen MR) is 174 cm³/mol. The van der Waals surface area contributed by atoms with E-state index in [4.69, 9.17) is 24.2 Å². The van der Waals surface area contributed by atoms with Crippen LogP contribution in [-0.4, -0.2) is 70.1 Å². The first-order chi connectivity index (χ1) is 21.6. The summed E-state index contributed by atoms with van der Waals surface area (Å²) < 4.78 is 17.4. The van der Waals surface area contributed by atoms with Crippen LogP contribution in [0.15, 0.2) is 59.8 Å². The molecule has 2 aliphatic rings. The lowest BCUT2D eigenvalue weighted by Crippen LogP contribution is -2.39. The Morgan fingerprint density at radius 2 is 1.59 bits per heavy atom. The highest BCUT2D eigenvalue weighted by atomic mass is 16.7. The van der Waals surface area contributed by atoms with E-state index < -0.39 is 34.7 Å². The number of nitrogens with zero attached hydrogens (tertiary/aromatic N) is 2. The largest absolute Gasteiger partial charge is 0.489 e. The molecular weight excluding hydrogens is 588 g/mol. The van der Waals surface area contributed by atoms with Gasteiger partial charge in [0.15, 0.2) is 5.60 Å². The van der Waals surface area contributed by atoms with Gasteiger partial charge >= 0.3 is 17.9 Å². The molecule has 10 nitrogen and oxygen atoms in total. The molecule has 0 atom stereocenters. The quantitative estimate of drug-likeness (QED) is 0.274. The molecule has 2 aromatic carbocycles. The first-order valence-electron chi connectivity index (χ1n) is 15.7. The number of hydrogen-bond acceptors (Lipinski definition) is 9. The molecule has 0 saturated heterocycles. The Bertz CT molecular complexity index is 1440. The number of benzene rings is 2. The fraction of sp³-hybridized carbons (Fsp3) is 0.500. The van der Waals surface area contributed by atoms with Gasteiger partial charge in [0.05, 0.1) is 25.0 Å². The van der Waals surface area contributed by atoms with E-state index in [9.17, 15) is 14.4 Å². The third kappa shape index (κ3) is 10.4. The van der Waals surface area contributed by atoms with Crippen LogP contribution in [0, 0.1) is 0 Å². The van der Waals surface area contributed by atoms with Crippen molar-refractivity contribution in [3.8, 4) is 5.75 Å². The smallest absolute Gasteiger partial charge is 0.310 e. The van der Waals surface area contributed by atoms with Crippen molar-refractivity contribution in [1.29, 1.82) is 0 Å². The third-order valence-electron chi connectivity index (χ3n) is 7.44. The second-order valence-corrected chi connectivity index (χ2v) is 13.9. The van der Waals surface area contributed by atoms with E-state index >= 15 is 0 Å². The molecular formula is C36H46N2O8. The van der Waals surface area contributed by atoms with E-state index in [0.717, 1.165) is 28.8 Å². The maximum Gasteiger partial charge on any atom is 0.310 e. The molecule has 0 radical (unpaired) electrons. The van der Waals surface area contributed by atoms with Crippen LogP contribution in [0.3, 0.4) is 0 Å². The van der Waals surface area contributed by atoms with Gasteiger partial charge in [-0.15, -0.1) is 0 Å². The van der Waals surface area contributed by atoms with E-state index in [1.54, 1.807) is 41.5 Å². The summed E-state index contributed by atoms with van der Waals surface area (Å²) in [4.78, 5) is 45.3. The number of ether oxygens (including phenoxy) is 3. The highest BCUT2D eigenvalue weighted by Crippen LogP contribution is 2.38. The minimum atomic E-state index is -1.28. The minimum Gasteiger partial charge on any atom is -0.489 e. The standard InChI is InChI=1S/C36H46N2O8/c1-34(2,3)44-32(41)22-36(23-33(42)45-35(4,5)6)21-30(37-46-36)29-20-27(43-24-25-10-8-7-9-11-25)12-13-28(29)26-14-17-38(18-15-26)19-16-31(39)40/h7-14,20H,15-19,21-24H2,1-6H3,(H,39,40). The number of esters is 2. The minimum absolute atomic E-state index is 0.0907. The molecule has 0 aromatic heterocycles. The number of oxime groups is 1. The van der Waals surface area contributed by atoms with Crippen molar-refractivity contribution < 1.29 is 38.5 Å². The first kappa shape index (κ1) is 34.7. The average Bonchev–Trinajstić information content (AvgIpc) is 3.36. The Hall–Kier alpha value is -4.18. The van der Waals surface area contributed by atoms with Gasteiger partial charge in [0.25, 0.3) is 0 Å². The molecule has 1 N–H and O–H groups in total. The van der Waals surface area contributed by atoms with Crippen molar-refractivity contribution in [2.24, 2.45) is 5.16 Å². The van der Waals surface area contributed by atoms with Gasteiger partial charge in [0.2, 0.25) is 0 Å². The van der Waals surface area contributed by atoms with Crippen LogP contribution in [0.25, 0.3) is 5.57 Å². The second-order valence-electron chi connectivity index (χ2n) is 13.9. The van der Waals surface area contributed by atoms with Crippen LogP contribution in [0.1, 0.15) is 90.3 Å². The molecule has 0 aliphatic carbocycles. The fourth-order valence-corrected chi connectivity index (χ4v) is 5.48. The van der Waals surface area contributed by atoms with Gasteiger partial charge in [0.1, 0.15) is 23.6 Å². The van der Waals surface area contributed by atoms with E-state index in [1.165, 1.54) is 0 Å². The predicted octanol–water partition coefficient (Wildman–Crippen LogP) is 6.16. The average molecular weight is 635 g/mol. The summed E-state index contributed by atoms with van der Waals surface area (Å²) in [6.07, 6.45) is 2.73. The molecule has 248 valence electrons. The highest BCUT2D eigenvalue weighted by molar-refractivity contribution is 6.06. The summed E-state index contributed by atoms with van der Waals surface area (Å²) in [5.74, 6) is -1.17. The van der Waals surface area contributed by atoms with Crippen molar-refractivity contribution in [2.45, 2.75) is 97.1 Å². The van der Waals surface area contributed by atoms with Gasteiger partial charge in [0, 0.05) is 31.6 Å². The molecule has 0 spiro atoms. The van der Waals surface area contributed by atoms with Gasteiger partial charge < -0.3 is 24.2 Å². The molecule has 0 amide bonds. The van der Waals surface area contributed by atoms with E-state index in [0.29, 0.717) is 37.6 Å². The molecule has 2 aromatic rings. The fourth-order valence-electron chi connectivity index (χ4n) is 5.48. The summed E-state index contributed by atoms with van der Waals surface area (Å²) >= 11 is 0. The monoisotopic (exact) mass is 634 g/mol. The van der Waals surface area contributed by atoms with Crippen LogP contribution < -0.4 is 4.74 Å². The Kier molecular flexibility index (Phi) is 10.9. The molecule has 0 fully saturated rings. The van der Waals surface area contributed by atoms with Crippen molar-refractivity contribution in [2.75, 3.05) is 19.6 Å². The Labute approximate surface area is 271 Å². The van der Waals surface area contributed by atoms with E-state index in [-0.39, 0.29) is 25.7 Å². The number of carboxylic acids is 1. The zero-order valence-corrected chi connectivity index (χ0v) is 27.8. The summed E-state index contributed by atoms with van der Waals surface area (Å²) in [5.41, 5.74) is 1.72. The maximum atomic E-state index is 13.1. The Balaban J connectivity index is 1.64. The van der Waals surface area contributed by atoms with Crippen molar-refractivity contribution in [1.82, 2.24) is 4.90 Å². The number of rotatable bonds is 12. The highest BCUT2D eigenvalue weighted by Gasteiger charge is 2.46. The number of carbonyl (C=O) groups excluding carboxylic acids is 2. The van der Waals surface area contributed by atoms with Crippen LogP contribution >= 0.6 is 0 Å². The van der Waals surface area contributed by atoms with Gasteiger partial charge in [-0.25, -0.2) is 0 Å². The topological polar surface area (TPSA) is 124 Å². The number of aliphatic carboxylic acids is 1. The summed E-state index contributed by atoms with van der Waals surface area (Å²) in [5, 5.41) is 13.6. The number of carbonyl (C=O) groups is 3. The molecule has 0 bridgehead atoms. The van der Waals surface area contributed by atoms with Crippen molar-refractivity contribution >= 4 is 29.2 Å². The van der Waals surface area contributed by atoms with Crippen LogP contribution in [0.2, 0.25) is 0 Å². The normalized spacial score (nSPS) is 16.6. The van der Waals surface area contributed by atoms with E-state index in [2.05, 4.69) is 16.1 Å². The van der Waals surface area contributed by atoms with Gasteiger partial charge in [-0.05, 0) is 76.8 Å². The number of hydrogen-bond donors (Lipinski definition) is 1. The van der Waals surface area contributed by atoms with E-state index in [1.807, 2.05) is 48.5 Å². The van der Waals surface area contributed by atoms with Crippen LogP contribution in [0.5, 0.6) is 5.75 Å². The molecule has 0 unspecified atom stereocenters. The van der Waals surface area contributed by atoms with Crippen LogP contribution in [-0.2, 0) is 35.3 Å². The lowest BCUT2D eigenvalue weighted by atomic mass is 9.85. The molecule has 46 heavy (non-hydrogen) atoms. The van der Waals surface area contributed by atoms with Crippen molar-refractivity contribution in [3.05, 3.63) is 71.3 Å². The zero-order valence-electron chi connectivity index (χ0n) is 27.8. The molecule has 2 heterocycles. The zero-order chi connectivity index (χ0) is 33.5. The lowest BCUT2D eigenvalue weighted by Gasteiger charge is -2.29. The third-order valence-corrected chi connectivity index (χ3v) is 7.44. The molecule has 10 heteroatoms.